The minimum atomic E-state index is -0.0474. The van der Waals surface area contributed by atoms with Crippen LogP contribution in [0.5, 0.6) is 0 Å². The van der Waals surface area contributed by atoms with Crippen LogP contribution >= 0.6 is 0 Å². The Morgan fingerprint density at radius 2 is 2.13 bits per heavy atom. The topological polar surface area (TPSA) is 17.1 Å². The molecule has 2 atom stereocenters. The summed E-state index contributed by atoms with van der Waals surface area (Å²) in [4.78, 5) is 12.0. The summed E-state index contributed by atoms with van der Waals surface area (Å²) >= 11 is 0. The minimum absolute atomic E-state index is 0.0474. The van der Waals surface area contributed by atoms with Crippen molar-refractivity contribution in [3.05, 3.63) is 24.3 Å². The molecule has 0 spiro atoms. The summed E-state index contributed by atoms with van der Waals surface area (Å²) in [5.41, 5.74) is 1.18. The highest BCUT2D eigenvalue weighted by Gasteiger charge is 2.42. The zero-order valence-electron chi connectivity index (χ0n) is 10.3. The molecule has 0 unspecified atom stereocenters. The molecule has 1 saturated carbocycles. The SMILES string of the molecule is C=C1CC[C@@H](C)[C@H](C(=O)C=CC)C1(C)C. The number of hydrogen-bond donors (Lipinski definition) is 0. The molecule has 0 heterocycles. The molecule has 1 rings (SSSR count). The van der Waals surface area contributed by atoms with Gasteiger partial charge in [0.25, 0.3) is 0 Å². The maximum absolute atomic E-state index is 12.0. The van der Waals surface area contributed by atoms with Gasteiger partial charge in [-0.05, 0) is 37.2 Å². The third-order valence-electron chi connectivity index (χ3n) is 3.80. The summed E-state index contributed by atoms with van der Waals surface area (Å²) in [5, 5.41) is 0. The van der Waals surface area contributed by atoms with Gasteiger partial charge in [-0.25, -0.2) is 0 Å². The molecule has 0 aliphatic heterocycles. The van der Waals surface area contributed by atoms with E-state index in [1.54, 1.807) is 6.08 Å². The van der Waals surface area contributed by atoms with Crippen LogP contribution in [-0.2, 0) is 4.79 Å². The van der Waals surface area contributed by atoms with E-state index in [1.807, 2.05) is 13.0 Å². The van der Waals surface area contributed by atoms with Crippen molar-refractivity contribution in [2.24, 2.45) is 17.3 Å². The fourth-order valence-electron chi connectivity index (χ4n) is 2.73. The van der Waals surface area contributed by atoms with Crippen LogP contribution in [0.15, 0.2) is 24.3 Å². The first kappa shape index (κ1) is 12.2. The van der Waals surface area contributed by atoms with E-state index in [0.29, 0.717) is 5.92 Å². The summed E-state index contributed by atoms with van der Waals surface area (Å²) in [6, 6.07) is 0. The second kappa shape index (κ2) is 4.34. The Labute approximate surface area is 93.3 Å². The van der Waals surface area contributed by atoms with Gasteiger partial charge < -0.3 is 0 Å². The molecule has 1 fully saturated rings. The van der Waals surface area contributed by atoms with Gasteiger partial charge in [-0.3, -0.25) is 4.79 Å². The highest BCUT2D eigenvalue weighted by Crippen LogP contribution is 2.47. The van der Waals surface area contributed by atoms with Crippen molar-refractivity contribution >= 4 is 5.78 Å². The quantitative estimate of drug-likeness (QED) is 0.496. The molecular weight excluding hydrogens is 184 g/mol. The average Bonchev–Trinajstić information content (AvgIpc) is 2.12. The molecule has 0 N–H and O–H groups in total. The molecule has 15 heavy (non-hydrogen) atoms. The standard InChI is InChI=1S/C14H22O/c1-6-7-12(15)13-10(2)8-9-11(3)14(13,4)5/h6-7,10,13H,3,8-9H2,1-2,4-5H3/t10-,13-/m1/s1. The molecule has 0 radical (unpaired) electrons. The third-order valence-corrected chi connectivity index (χ3v) is 3.80. The first-order valence-electron chi connectivity index (χ1n) is 5.76. The van der Waals surface area contributed by atoms with Gasteiger partial charge in [0.1, 0.15) is 0 Å². The minimum Gasteiger partial charge on any atom is -0.295 e. The Morgan fingerprint density at radius 1 is 1.53 bits per heavy atom. The van der Waals surface area contributed by atoms with Crippen molar-refractivity contribution < 1.29 is 4.79 Å². The van der Waals surface area contributed by atoms with Crippen LogP contribution in [0.2, 0.25) is 0 Å². The van der Waals surface area contributed by atoms with Gasteiger partial charge >= 0.3 is 0 Å². The summed E-state index contributed by atoms with van der Waals surface area (Å²) < 4.78 is 0. The Bertz CT molecular complexity index is 296. The monoisotopic (exact) mass is 206 g/mol. The summed E-state index contributed by atoms with van der Waals surface area (Å²) in [7, 11) is 0. The van der Waals surface area contributed by atoms with Gasteiger partial charge in [-0.2, -0.15) is 0 Å². The summed E-state index contributed by atoms with van der Waals surface area (Å²) in [6.07, 6.45) is 5.70. The summed E-state index contributed by atoms with van der Waals surface area (Å²) in [6.45, 7) is 12.5. The Kier molecular flexibility index (Phi) is 3.54. The lowest BCUT2D eigenvalue weighted by Crippen LogP contribution is -2.39. The molecule has 84 valence electrons. The lowest BCUT2D eigenvalue weighted by molar-refractivity contribution is -0.123. The van der Waals surface area contributed by atoms with Crippen LogP contribution in [0.4, 0.5) is 0 Å². The van der Waals surface area contributed by atoms with Crippen LogP contribution < -0.4 is 0 Å². The number of carbonyl (C=O) groups is 1. The third kappa shape index (κ3) is 2.22. The van der Waals surface area contributed by atoms with E-state index in [-0.39, 0.29) is 17.1 Å². The maximum atomic E-state index is 12.0. The van der Waals surface area contributed by atoms with Crippen molar-refractivity contribution in [2.75, 3.05) is 0 Å². The first-order chi connectivity index (χ1) is 6.91. The molecule has 1 nitrogen and oxygen atoms in total. The van der Waals surface area contributed by atoms with Crippen molar-refractivity contribution in [1.82, 2.24) is 0 Å². The molecule has 0 aromatic heterocycles. The highest BCUT2D eigenvalue weighted by atomic mass is 16.1. The van der Waals surface area contributed by atoms with Crippen LogP contribution in [0.1, 0.15) is 40.5 Å². The number of allylic oxidation sites excluding steroid dienone is 3. The Balaban J connectivity index is 3.00. The molecule has 0 bridgehead atoms. The van der Waals surface area contributed by atoms with Crippen molar-refractivity contribution in [3.8, 4) is 0 Å². The van der Waals surface area contributed by atoms with Crippen LogP contribution in [-0.4, -0.2) is 5.78 Å². The fourth-order valence-corrected chi connectivity index (χ4v) is 2.73. The molecule has 0 aromatic rings. The van der Waals surface area contributed by atoms with Crippen LogP contribution in [0.3, 0.4) is 0 Å². The average molecular weight is 206 g/mol. The van der Waals surface area contributed by atoms with Gasteiger partial charge in [0.05, 0.1) is 0 Å². The van der Waals surface area contributed by atoms with E-state index in [1.165, 1.54) is 5.57 Å². The van der Waals surface area contributed by atoms with Gasteiger partial charge in [0.2, 0.25) is 0 Å². The molecular formula is C14H22O. The molecule has 1 heteroatoms. The highest BCUT2D eigenvalue weighted by molar-refractivity contribution is 5.92. The second-order valence-electron chi connectivity index (χ2n) is 5.22. The van der Waals surface area contributed by atoms with E-state index >= 15 is 0 Å². The first-order valence-corrected chi connectivity index (χ1v) is 5.76. The predicted molar refractivity (Wildman–Crippen MR) is 64.6 cm³/mol. The van der Waals surface area contributed by atoms with E-state index in [9.17, 15) is 4.79 Å². The van der Waals surface area contributed by atoms with Gasteiger partial charge in [0, 0.05) is 5.92 Å². The van der Waals surface area contributed by atoms with Gasteiger partial charge in [0.15, 0.2) is 5.78 Å². The van der Waals surface area contributed by atoms with E-state index in [4.69, 9.17) is 0 Å². The predicted octanol–water partition coefficient (Wildman–Crippen LogP) is 3.76. The Morgan fingerprint density at radius 3 is 2.67 bits per heavy atom. The fraction of sp³-hybridized carbons (Fsp3) is 0.643. The number of rotatable bonds is 2. The molecule has 1 aliphatic rings. The van der Waals surface area contributed by atoms with Crippen molar-refractivity contribution in [2.45, 2.75) is 40.5 Å². The van der Waals surface area contributed by atoms with Gasteiger partial charge in [-0.1, -0.05) is 39.0 Å². The lowest BCUT2D eigenvalue weighted by atomic mass is 9.60. The van der Waals surface area contributed by atoms with E-state index < -0.39 is 0 Å². The van der Waals surface area contributed by atoms with Gasteiger partial charge in [-0.15, -0.1) is 0 Å². The number of carbonyl (C=O) groups excluding carboxylic acids is 1. The second-order valence-corrected chi connectivity index (χ2v) is 5.22. The lowest BCUT2D eigenvalue weighted by Gasteiger charge is -2.43. The van der Waals surface area contributed by atoms with Crippen LogP contribution in [0.25, 0.3) is 0 Å². The number of hydrogen-bond acceptors (Lipinski definition) is 1. The largest absolute Gasteiger partial charge is 0.295 e. The number of ketones is 1. The van der Waals surface area contributed by atoms with Crippen molar-refractivity contribution in [3.63, 3.8) is 0 Å². The molecule has 0 amide bonds. The maximum Gasteiger partial charge on any atom is 0.159 e. The molecule has 0 saturated heterocycles. The smallest absolute Gasteiger partial charge is 0.159 e. The summed E-state index contributed by atoms with van der Waals surface area (Å²) in [5.74, 6) is 0.833. The normalized spacial score (nSPS) is 30.8. The zero-order valence-corrected chi connectivity index (χ0v) is 10.3. The van der Waals surface area contributed by atoms with Crippen molar-refractivity contribution in [1.29, 1.82) is 0 Å². The molecule has 1 aliphatic carbocycles. The Hall–Kier alpha value is -0.850. The zero-order chi connectivity index (χ0) is 11.6. The van der Waals surface area contributed by atoms with E-state index in [2.05, 4.69) is 27.4 Å². The van der Waals surface area contributed by atoms with E-state index in [0.717, 1.165) is 12.8 Å². The van der Waals surface area contributed by atoms with Crippen LogP contribution in [0, 0.1) is 17.3 Å². The molecule has 0 aromatic carbocycles.